The van der Waals surface area contributed by atoms with Crippen LogP contribution in [-0.2, 0) is 17.9 Å². The van der Waals surface area contributed by atoms with Gasteiger partial charge in [-0.3, -0.25) is 14.3 Å². The van der Waals surface area contributed by atoms with E-state index in [0.717, 1.165) is 11.3 Å². The molecule has 0 saturated heterocycles. The number of nitrogens with one attached hydrogen (secondary N) is 1. The van der Waals surface area contributed by atoms with Crippen molar-refractivity contribution in [1.82, 2.24) is 9.55 Å². The van der Waals surface area contributed by atoms with Crippen molar-refractivity contribution in [2.75, 3.05) is 13.2 Å². The zero-order valence-electron chi connectivity index (χ0n) is 16.8. The van der Waals surface area contributed by atoms with Crippen molar-refractivity contribution in [2.45, 2.75) is 32.9 Å². The van der Waals surface area contributed by atoms with Crippen molar-refractivity contribution >= 4 is 0 Å². The van der Waals surface area contributed by atoms with Crippen LogP contribution in [0.1, 0.15) is 36.6 Å². The maximum absolute atomic E-state index is 12.5. The fourth-order valence-electron chi connectivity index (χ4n) is 3.23. The zero-order valence-corrected chi connectivity index (χ0v) is 16.8. The zero-order chi connectivity index (χ0) is 20.6. The van der Waals surface area contributed by atoms with Crippen LogP contribution in [-0.4, -0.2) is 22.8 Å². The molecule has 0 bridgehead atoms. The molecular formula is C23H26N2O4. The number of H-pyrrole nitrogens is 1. The van der Waals surface area contributed by atoms with Gasteiger partial charge in [0.1, 0.15) is 19.1 Å². The molecule has 0 radical (unpaired) electrons. The van der Waals surface area contributed by atoms with Crippen molar-refractivity contribution in [3.05, 3.63) is 98.3 Å². The van der Waals surface area contributed by atoms with E-state index in [2.05, 4.69) is 4.98 Å². The summed E-state index contributed by atoms with van der Waals surface area (Å²) >= 11 is 0. The van der Waals surface area contributed by atoms with Gasteiger partial charge in [0.05, 0.1) is 6.61 Å². The second kappa shape index (κ2) is 9.89. The Bertz CT molecular complexity index is 1020. The van der Waals surface area contributed by atoms with Gasteiger partial charge in [-0.05, 0) is 23.6 Å². The number of aromatic amines is 1. The van der Waals surface area contributed by atoms with Gasteiger partial charge >= 0.3 is 5.69 Å². The van der Waals surface area contributed by atoms with Gasteiger partial charge in [0.15, 0.2) is 0 Å². The predicted octanol–water partition coefficient (Wildman–Crippen LogP) is 3.30. The molecule has 0 saturated carbocycles. The van der Waals surface area contributed by atoms with Crippen LogP contribution in [0.25, 0.3) is 0 Å². The van der Waals surface area contributed by atoms with E-state index in [1.54, 1.807) is 0 Å². The average molecular weight is 394 g/mol. The first kappa shape index (κ1) is 20.6. The van der Waals surface area contributed by atoms with Crippen LogP contribution in [0, 0.1) is 0 Å². The number of hydrogen-bond donors (Lipinski definition) is 1. The van der Waals surface area contributed by atoms with Crippen molar-refractivity contribution in [3.63, 3.8) is 0 Å². The summed E-state index contributed by atoms with van der Waals surface area (Å²) in [7, 11) is 0. The van der Waals surface area contributed by atoms with E-state index in [-0.39, 0.29) is 18.2 Å². The van der Waals surface area contributed by atoms with Crippen LogP contribution >= 0.6 is 0 Å². The highest BCUT2D eigenvalue weighted by molar-refractivity contribution is 5.28. The number of aromatic nitrogens is 2. The number of nitrogens with zero attached hydrogens (tertiary/aromatic N) is 1. The first-order valence-corrected chi connectivity index (χ1v) is 9.71. The minimum Gasteiger partial charge on any atom is -0.491 e. The largest absolute Gasteiger partial charge is 0.491 e. The van der Waals surface area contributed by atoms with E-state index in [1.165, 1.54) is 4.57 Å². The van der Waals surface area contributed by atoms with Gasteiger partial charge in [-0.1, -0.05) is 62.4 Å². The van der Waals surface area contributed by atoms with Crippen LogP contribution < -0.4 is 16.0 Å². The van der Waals surface area contributed by atoms with E-state index < -0.39 is 5.69 Å². The quantitative estimate of drug-likeness (QED) is 0.565. The predicted molar refractivity (Wildman–Crippen MR) is 113 cm³/mol. The maximum atomic E-state index is 12.5. The van der Waals surface area contributed by atoms with Crippen molar-refractivity contribution in [2.24, 2.45) is 0 Å². The average Bonchev–Trinajstić information content (AvgIpc) is 2.71. The van der Waals surface area contributed by atoms with Gasteiger partial charge in [0, 0.05) is 17.7 Å². The van der Waals surface area contributed by atoms with Gasteiger partial charge in [0.25, 0.3) is 5.56 Å². The summed E-state index contributed by atoms with van der Waals surface area (Å²) in [5.74, 6) is 0.745. The summed E-state index contributed by atoms with van der Waals surface area (Å²) < 4.78 is 12.8. The molecule has 3 rings (SSSR count). The normalized spacial score (nSPS) is 11.0. The lowest BCUT2D eigenvalue weighted by Gasteiger charge is -2.18. The first-order valence-electron chi connectivity index (χ1n) is 9.71. The smallest absolute Gasteiger partial charge is 0.330 e. The molecule has 0 unspecified atom stereocenters. The molecule has 29 heavy (non-hydrogen) atoms. The minimum atomic E-state index is -0.464. The van der Waals surface area contributed by atoms with E-state index in [0.29, 0.717) is 30.9 Å². The second-order valence-electron chi connectivity index (χ2n) is 7.06. The summed E-state index contributed by atoms with van der Waals surface area (Å²) in [6.45, 7) is 4.63. The number of ether oxygens (including phenoxy) is 2. The monoisotopic (exact) mass is 394 g/mol. The fraction of sp³-hybridized carbons (Fsp3) is 0.304. The first-order chi connectivity index (χ1) is 14.1. The van der Waals surface area contributed by atoms with E-state index in [9.17, 15) is 9.59 Å². The van der Waals surface area contributed by atoms with Crippen LogP contribution in [0.3, 0.4) is 0 Å². The summed E-state index contributed by atoms with van der Waals surface area (Å²) in [5, 5.41) is 0. The molecule has 2 aromatic carbocycles. The molecule has 0 atom stereocenters. The molecule has 0 aliphatic rings. The van der Waals surface area contributed by atoms with Crippen molar-refractivity contribution in [3.8, 4) is 5.75 Å². The van der Waals surface area contributed by atoms with Crippen molar-refractivity contribution in [1.29, 1.82) is 0 Å². The Morgan fingerprint density at radius 1 is 0.931 bits per heavy atom. The Labute approximate surface area is 169 Å². The Hall–Kier alpha value is -3.12. The van der Waals surface area contributed by atoms with Crippen LogP contribution in [0.5, 0.6) is 5.75 Å². The Kier molecular flexibility index (Phi) is 7.03. The van der Waals surface area contributed by atoms with Gasteiger partial charge in [0.2, 0.25) is 0 Å². The summed E-state index contributed by atoms with van der Waals surface area (Å²) in [5.41, 5.74) is 1.52. The molecule has 0 spiro atoms. The third kappa shape index (κ3) is 5.45. The third-order valence-corrected chi connectivity index (χ3v) is 4.60. The molecule has 6 heteroatoms. The van der Waals surface area contributed by atoms with Gasteiger partial charge in [-0.15, -0.1) is 0 Å². The highest BCUT2D eigenvalue weighted by Gasteiger charge is 2.18. The molecule has 1 heterocycles. The maximum Gasteiger partial charge on any atom is 0.330 e. The Morgan fingerprint density at radius 2 is 1.59 bits per heavy atom. The molecule has 1 N–H and O–H groups in total. The molecule has 152 valence electrons. The van der Waals surface area contributed by atoms with Gasteiger partial charge in [-0.25, -0.2) is 4.79 Å². The number of hydrogen-bond acceptors (Lipinski definition) is 4. The van der Waals surface area contributed by atoms with Crippen LogP contribution in [0.15, 0.2) is 70.3 Å². The van der Waals surface area contributed by atoms with Gasteiger partial charge < -0.3 is 9.47 Å². The molecular weight excluding hydrogens is 368 g/mol. The number of rotatable bonds is 9. The van der Waals surface area contributed by atoms with E-state index in [4.69, 9.17) is 9.47 Å². The lowest BCUT2D eigenvalue weighted by Crippen LogP contribution is -2.37. The standard InChI is InChI=1S/C23H26N2O4/c1-17(2)21-20(15-18-9-5-3-6-10-18)25(23(27)24-22(21)26)16-28-13-14-29-19-11-7-4-8-12-19/h3-12,17H,13-16H2,1-2H3,(H,24,26,27). The van der Waals surface area contributed by atoms with Crippen LogP contribution in [0.2, 0.25) is 0 Å². The topological polar surface area (TPSA) is 73.3 Å². The highest BCUT2D eigenvalue weighted by atomic mass is 16.5. The number of benzene rings is 2. The van der Waals surface area contributed by atoms with E-state index in [1.807, 2.05) is 74.5 Å². The fourth-order valence-corrected chi connectivity index (χ4v) is 3.23. The van der Waals surface area contributed by atoms with Crippen molar-refractivity contribution < 1.29 is 9.47 Å². The minimum absolute atomic E-state index is 0.0225. The molecule has 3 aromatic rings. The Morgan fingerprint density at radius 3 is 2.24 bits per heavy atom. The molecule has 0 aliphatic carbocycles. The molecule has 1 aromatic heterocycles. The van der Waals surface area contributed by atoms with Crippen LogP contribution in [0.4, 0.5) is 0 Å². The lowest BCUT2D eigenvalue weighted by molar-refractivity contribution is 0.0496. The highest BCUT2D eigenvalue weighted by Crippen LogP contribution is 2.18. The molecule has 0 aliphatic heterocycles. The molecule has 0 fully saturated rings. The number of para-hydroxylation sites is 1. The third-order valence-electron chi connectivity index (χ3n) is 4.60. The molecule has 6 nitrogen and oxygen atoms in total. The van der Waals surface area contributed by atoms with E-state index >= 15 is 0 Å². The second-order valence-corrected chi connectivity index (χ2v) is 7.06. The molecule has 0 amide bonds. The SMILES string of the molecule is CC(C)c1c(Cc2ccccc2)n(COCCOc2ccccc2)c(=O)[nH]c1=O. The lowest BCUT2D eigenvalue weighted by atomic mass is 9.98. The Balaban J connectivity index is 1.76. The summed E-state index contributed by atoms with van der Waals surface area (Å²) in [6.07, 6.45) is 0.484. The van der Waals surface area contributed by atoms with Gasteiger partial charge in [-0.2, -0.15) is 0 Å². The summed E-state index contributed by atoms with van der Waals surface area (Å²) in [6, 6.07) is 19.3. The summed E-state index contributed by atoms with van der Waals surface area (Å²) in [4.78, 5) is 27.4.